The molecule has 1 aliphatic heterocycles. The molecule has 1 saturated carbocycles. The van der Waals surface area contributed by atoms with E-state index in [1.54, 1.807) is 0 Å². The lowest BCUT2D eigenvalue weighted by atomic mass is 9.84. The van der Waals surface area contributed by atoms with Crippen LogP contribution in [0.25, 0.3) is 0 Å². The number of piperazine rings is 1. The van der Waals surface area contributed by atoms with Gasteiger partial charge in [-0.25, -0.2) is 0 Å². The molecule has 2 aliphatic rings. The second-order valence-electron chi connectivity index (χ2n) is 8.44. The van der Waals surface area contributed by atoms with E-state index < -0.39 is 0 Å². The largest absolute Gasteiger partial charge is 0.379 e. The Labute approximate surface area is 125 Å². The quantitative estimate of drug-likeness (QED) is 0.839. The molecule has 1 heterocycles. The van der Waals surface area contributed by atoms with E-state index in [0.29, 0.717) is 11.5 Å². The maximum Gasteiger partial charge on any atom is 0.0634 e. The van der Waals surface area contributed by atoms with Crippen LogP contribution in [0.2, 0.25) is 0 Å². The molecule has 0 amide bonds. The van der Waals surface area contributed by atoms with E-state index in [2.05, 4.69) is 44.8 Å². The van der Waals surface area contributed by atoms with Crippen LogP contribution >= 0.6 is 0 Å². The van der Waals surface area contributed by atoms with Crippen LogP contribution < -0.4 is 5.32 Å². The van der Waals surface area contributed by atoms with Gasteiger partial charge in [0.1, 0.15) is 0 Å². The van der Waals surface area contributed by atoms with E-state index in [0.717, 1.165) is 24.9 Å². The van der Waals surface area contributed by atoms with Gasteiger partial charge in [0.25, 0.3) is 0 Å². The van der Waals surface area contributed by atoms with E-state index >= 15 is 0 Å². The van der Waals surface area contributed by atoms with Crippen molar-refractivity contribution in [2.75, 3.05) is 26.7 Å². The monoisotopic (exact) mass is 282 g/mol. The molecule has 2 fully saturated rings. The summed E-state index contributed by atoms with van der Waals surface area (Å²) in [5.74, 6) is 0.939. The highest BCUT2D eigenvalue weighted by Crippen LogP contribution is 2.37. The molecular formula is C17H34N2O. The van der Waals surface area contributed by atoms with Gasteiger partial charge in [-0.05, 0) is 44.4 Å². The Hall–Kier alpha value is -0.120. The van der Waals surface area contributed by atoms with Crippen molar-refractivity contribution < 1.29 is 4.74 Å². The Balaban J connectivity index is 1.96. The van der Waals surface area contributed by atoms with E-state index in [9.17, 15) is 0 Å². The molecule has 1 aliphatic carbocycles. The molecule has 0 radical (unpaired) electrons. The highest BCUT2D eigenvalue weighted by molar-refractivity contribution is 4.98. The number of nitrogens with zero attached hydrogens (tertiary/aromatic N) is 1. The van der Waals surface area contributed by atoms with Crippen molar-refractivity contribution in [2.24, 2.45) is 11.3 Å². The van der Waals surface area contributed by atoms with Gasteiger partial charge in [0.05, 0.1) is 5.60 Å². The Morgan fingerprint density at radius 3 is 2.30 bits per heavy atom. The first kappa shape index (κ1) is 16.3. The zero-order valence-electron chi connectivity index (χ0n) is 14.3. The van der Waals surface area contributed by atoms with Crippen LogP contribution in [0.4, 0.5) is 0 Å². The molecule has 0 spiro atoms. The van der Waals surface area contributed by atoms with Crippen molar-refractivity contribution in [1.29, 1.82) is 0 Å². The van der Waals surface area contributed by atoms with Crippen molar-refractivity contribution in [3.05, 3.63) is 0 Å². The van der Waals surface area contributed by atoms with Gasteiger partial charge in [-0.15, -0.1) is 0 Å². The summed E-state index contributed by atoms with van der Waals surface area (Å²) in [5, 5.41) is 3.80. The van der Waals surface area contributed by atoms with Gasteiger partial charge in [-0.2, -0.15) is 0 Å². The molecule has 0 aromatic heterocycles. The number of rotatable bonds is 5. The summed E-state index contributed by atoms with van der Waals surface area (Å²) in [6, 6.07) is 1.35. The molecule has 0 aromatic carbocycles. The van der Waals surface area contributed by atoms with Crippen molar-refractivity contribution in [1.82, 2.24) is 10.2 Å². The van der Waals surface area contributed by atoms with Gasteiger partial charge in [0.2, 0.25) is 0 Å². The summed E-state index contributed by atoms with van der Waals surface area (Å²) in [5.41, 5.74) is 0.333. The molecule has 2 unspecified atom stereocenters. The summed E-state index contributed by atoms with van der Waals surface area (Å²) in [7, 11) is 1.83. The Morgan fingerprint density at radius 1 is 1.15 bits per heavy atom. The average molecular weight is 282 g/mol. The van der Waals surface area contributed by atoms with Gasteiger partial charge in [-0.3, -0.25) is 4.90 Å². The van der Waals surface area contributed by atoms with Crippen LogP contribution in [0, 0.1) is 11.3 Å². The van der Waals surface area contributed by atoms with Crippen molar-refractivity contribution in [3.8, 4) is 0 Å². The first-order valence-corrected chi connectivity index (χ1v) is 8.25. The molecule has 1 N–H and O–H groups in total. The van der Waals surface area contributed by atoms with Gasteiger partial charge >= 0.3 is 0 Å². The third-order valence-corrected chi connectivity index (χ3v) is 5.22. The second-order valence-corrected chi connectivity index (χ2v) is 8.44. The third-order valence-electron chi connectivity index (χ3n) is 5.22. The van der Waals surface area contributed by atoms with Crippen LogP contribution in [0.15, 0.2) is 0 Å². The lowest BCUT2D eigenvalue weighted by molar-refractivity contribution is -0.00587. The standard InChI is InChI=1S/C17H34N2O/c1-16(2,3)15-12-19(10-9-17(4,5)20-6)14(11-18-15)13-7-8-13/h13-15,18H,7-12H2,1-6H3. The van der Waals surface area contributed by atoms with Gasteiger partial charge in [0.15, 0.2) is 0 Å². The highest BCUT2D eigenvalue weighted by atomic mass is 16.5. The fourth-order valence-electron chi connectivity index (χ4n) is 3.12. The fourth-order valence-corrected chi connectivity index (χ4v) is 3.12. The Morgan fingerprint density at radius 2 is 1.80 bits per heavy atom. The Bertz CT molecular complexity index is 317. The number of ether oxygens (including phenoxy) is 1. The maximum absolute atomic E-state index is 5.59. The van der Waals surface area contributed by atoms with Crippen LogP contribution in [-0.2, 0) is 4.74 Å². The minimum absolute atomic E-state index is 0.00376. The number of methoxy groups -OCH3 is 1. The smallest absolute Gasteiger partial charge is 0.0634 e. The zero-order valence-corrected chi connectivity index (χ0v) is 14.3. The SMILES string of the molecule is COC(C)(C)CCN1CC(C(C)(C)C)NCC1C1CC1. The highest BCUT2D eigenvalue weighted by Gasteiger charge is 2.41. The number of hydrogen-bond acceptors (Lipinski definition) is 3. The predicted octanol–water partition coefficient (Wildman–Crippen LogP) is 2.90. The van der Waals surface area contributed by atoms with Crippen molar-refractivity contribution in [2.45, 2.75) is 71.6 Å². The molecule has 0 bridgehead atoms. The normalized spacial score (nSPS) is 29.7. The number of hydrogen-bond donors (Lipinski definition) is 1. The summed E-state index contributed by atoms with van der Waals surface area (Å²) < 4.78 is 5.59. The molecule has 2 atom stereocenters. The molecule has 3 nitrogen and oxygen atoms in total. The molecule has 2 rings (SSSR count). The molecule has 3 heteroatoms. The first-order valence-electron chi connectivity index (χ1n) is 8.25. The fraction of sp³-hybridized carbons (Fsp3) is 1.00. The maximum atomic E-state index is 5.59. The van der Waals surface area contributed by atoms with Crippen molar-refractivity contribution in [3.63, 3.8) is 0 Å². The molecule has 118 valence electrons. The van der Waals surface area contributed by atoms with E-state index in [1.165, 1.54) is 25.9 Å². The second kappa shape index (κ2) is 5.94. The number of nitrogens with one attached hydrogen (secondary N) is 1. The third kappa shape index (κ3) is 4.19. The minimum atomic E-state index is -0.00376. The molecule has 20 heavy (non-hydrogen) atoms. The summed E-state index contributed by atoms with van der Waals surface area (Å²) in [6.07, 6.45) is 3.97. The van der Waals surface area contributed by atoms with E-state index in [4.69, 9.17) is 4.74 Å². The lowest BCUT2D eigenvalue weighted by Gasteiger charge is -2.46. The van der Waals surface area contributed by atoms with Crippen LogP contribution in [0.5, 0.6) is 0 Å². The summed E-state index contributed by atoms with van der Waals surface area (Å²) >= 11 is 0. The average Bonchev–Trinajstić information content (AvgIpc) is 3.19. The predicted molar refractivity (Wildman–Crippen MR) is 85.0 cm³/mol. The molecule has 0 aromatic rings. The van der Waals surface area contributed by atoms with Crippen LogP contribution in [-0.4, -0.2) is 49.3 Å². The van der Waals surface area contributed by atoms with Crippen LogP contribution in [0.1, 0.15) is 53.9 Å². The van der Waals surface area contributed by atoms with E-state index in [-0.39, 0.29) is 5.60 Å². The van der Waals surface area contributed by atoms with Crippen molar-refractivity contribution >= 4 is 0 Å². The van der Waals surface area contributed by atoms with Gasteiger partial charge in [0, 0.05) is 38.8 Å². The van der Waals surface area contributed by atoms with Gasteiger partial charge in [-0.1, -0.05) is 20.8 Å². The molecular weight excluding hydrogens is 248 g/mol. The van der Waals surface area contributed by atoms with Crippen LogP contribution in [0.3, 0.4) is 0 Å². The summed E-state index contributed by atoms with van der Waals surface area (Å²) in [4.78, 5) is 2.74. The zero-order chi connectivity index (χ0) is 15.0. The molecule has 1 saturated heterocycles. The minimum Gasteiger partial charge on any atom is -0.379 e. The summed E-state index contributed by atoms with van der Waals surface area (Å²) in [6.45, 7) is 14.9. The first-order chi connectivity index (χ1) is 9.23. The van der Waals surface area contributed by atoms with Gasteiger partial charge < -0.3 is 10.1 Å². The Kier molecular flexibility index (Phi) is 4.83. The topological polar surface area (TPSA) is 24.5 Å². The lowest BCUT2D eigenvalue weighted by Crippen LogP contribution is -2.61. The van der Waals surface area contributed by atoms with E-state index in [1.807, 2.05) is 7.11 Å².